The Balaban J connectivity index is 1.40. The van der Waals surface area contributed by atoms with E-state index in [0.717, 1.165) is 29.8 Å². The summed E-state index contributed by atoms with van der Waals surface area (Å²) in [4.78, 5) is 17.9. The molecule has 228 valence electrons. The van der Waals surface area contributed by atoms with E-state index in [1.165, 1.54) is 12.1 Å². The Bertz CT molecular complexity index is 1490. The first-order chi connectivity index (χ1) is 20.4. The monoisotopic (exact) mass is 594 g/mol. The number of amides is 1. The topological polar surface area (TPSA) is 62.2 Å². The normalized spacial score (nSPS) is 28.8. The highest BCUT2D eigenvalue weighted by Crippen LogP contribution is 2.66. The molecule has 0 unspecified atom stereocenters. The van der Waals surface area contributed by atoms with Crippen LogP contribution in [-0.2, 0) is 22.8 Å². The van der Waals surface area contributed by atoms with Crippen LogP contribution >= 0.6 is 0 Å². The van der Waals surface area contributed by atoms with E-state index in [2.05, 4.69) is 29.4 Å². The molecule has 2 heterocycles. The summed E-state index contributed by atoms with van der Waals surface area (Å²) in [6, 6.07) is 7.99. The summed E-state index contributed by atoms with van der Waals surface area (Å²) in [5, 5.41) is 12.7. The number of ether oxygens (including phenoxy) is 2. The molecule has 0 radical (unpaired) electrons. The largest absolute Gasteiger partial charge is 0.493 e. The van der Waals surface area contributed by atoms with Crippen molar-refractivity contribution in [3.05, 3.63) is 71.3 Å². The highest BCUT2D eigenvalue weighted by atomic mass is 19.4. The van der Waals surface area contributed by atoms with E-state index >= 15 is 0 Å². The molecule has 2 aromatic carbocycles. The summed E-state index contributed by atoms with van der Waals surface area (Å²) < 4.78 is 51.6. The van der Waals surface area contributed by atoms with Crippen molar-refractivity contribution in [2.24, 2.45) is 5.92 Å². The second-order valence-corrected chi connectivity index (χ2v) is 12.6. The molecule has 43 heavy (non-hydrogen) atoms. The van der Waals surface area contributed by atoms with E-state index in [9.17, 15) is 23.1 Å². The van der Waals surface area contributed by atoms with Crippen LogP contribution in [-0.4, -0.2) is 71.3 Å². The summed E-state index contributed by atoms with van der Waals surface area (Å²) in [5.41, 5.74) is -0.106. The number of carbonyl (C=O) groups excluding carboxylic acids is 1. The van der Waals surface area contributed by atoms with Gasteiger partial charge in [0.15, 0.2) is 11.5 Å². The maximum Gasteiger partial charge on any atom is 0.416 e. The molecule has 1 N–H and O–H groups in total. The standard InChI is InChI=1S/C34H37F3N2O4/c1-5-17-38-18-16-32-29-23-9-12-26(42-4)30(29)43-31(32)25(14-15-33(32,41)27(38)19-23)39(20-21(2)3)28(40)13-8-22-6-10-24(11-7-22)34(35,36)37/h5-7,9-12,21,25,27,31,41H,1,14-20H2,2-4H3/t25-,27-,31+,32+,33-/m1/s1. The molecule has 1 saturated heterocycles. The number of methoxy groups -OCH3 is 1. The predicted molar refractivity (Wildman–Crippen MR) is 156 cm³/mol. The lowest BCUT2D eigenvalue weighted by Crippen LogP contribution is -2.78. The molecular formula is C34H37F3N2O4. The van der Waals surface area contributed by atoms with Gasteiger partial charge in [-0.15, -0.1) is 6.58 Å². The Hall–Kier alpha value is -3.48. The third-order valence-corrected chi connectivity index (χ3v) is 9.86. The second-order valence-electron chi connectivity index (χ2n) is 12.6. The van der Waals surface area contributed by atoms with Crippen molar-refractivity contribution in [3.63, 3.8) is 0 Å². The minimum absolute atomic E-state index is 0.119. The molecule has 4 aliphatic rings. The van der Waals surface area contributed by atoms with E-state index in [-0.39, 0.29) is 18.0 Å². The van der Waals surface area contributed by atoms with E-state index in [4.69, 9.17) is 9.47 Å². The van der Waals surface area contributed by atoms with Crippen molar-refractivity contribution in [2.75, 3.05) is 26.7 Å². The zero-order valence-electron chi connectivity index (χ0n) is 24.7. The van der Waals surface area contributed by atoms with Crippen molar-refractivity contribution in [3.8, 4) is 23.3 Å². The average Bonchev–Trinajstić information content (AvgIpc) is 3.31. The minimum atomic E-state index is -4.44. The maximum atomic E-state index is 13.8. The Kier molecular flexibility index (Phi) is 7.29. The summed E-state index contributed by atoms with van der Waals surface area (Å²) in [7, 11) is 1.61. The van der Waals surface area contributed by atoms with Gasteiger partial charge >= 0.3 is 6.18 Å². The van der Waals surface area contributed by atoms with Crippen LogP contribution in [0.3, 0.4) is 0 Å². The molecule has 1 amide bonds. The average molecular weight is 595 g/mol. The smallest absolute Gasteiger partial charge is 0.416 e. The number of piperidine rings is 1. The molecule has 6 rings (SSSR count). The fraction of sp³-hybridized carbons (Fsp3) is 0.500. The molecular weight excluding hydrogens is 557 g/mol. The first-order valence-electron chi connectivity index (χ1n) is 14.9. The lowest BCUT2D eigenvalue weighted by Gasteiger charge is -2.64. The fourth-order valence-electron chi connectivity index (χ4n) is 8.16. The number of carbonyl (C=O) groups is 1. The van der Waals surface area contributed by atoms with Crippen molar-refractivity contribution in [1.82, 2.24) is 9.80 Å². The first kappa shape index (κ1) is 29.6. The van der Waals surface area contributed by atoms with Gasteiger partial charge in [-0.05, 0) is 74.0 Å². The predicted octanol–water partition coefficient (Wildman–Crippen LogP) is 4.96. The highest BCUT2D eigenvalue weighted by Gasteiger charge is 2.73. The van der Waals surface area contributed by atoms with Crippen LogP contribution in [0.2, 0.25) is 0 Å². The summed E-state index contributed by atoms with van der Waals surface area (Å²) >= 11 is 0. The van der Waals surface area contributed by atoms with E-state index in [1.54, 1.807) is 12.0 Å². The van der Waals surface area contributed by atoms with Crippen LogP contribution in [0.25, 0.3) is 0 Å². The number of rotatable bonds is 6. The van der Waals surface area contributed by atoms with E-state index in [0.29, 0.717) is 55.8 Å². The van der Waals surface area contributed by atoms with Crippen LogP contribution in [0.15, 0.2) is 49.1 Å². The molecule has 1 saturated carbocycles. The zero-order chi connectivity index (χ0) is 30.7. The van der Waals surface area contributed by atoms with Gasteiger partial charge in [0.25, 0.3) is 5.91 Å². The number of benzene rings is 2. The van der Waals surface area contributed by atoms with Crippen molar-refractivity contribution < 1.29 is 32.5 Å². The Morgan fingerprint density at radius 1 is 1.26 bits per heavy atom. The van der Waals surface area contributed by atoms with Crippen molar-refractivity contribution >= 4 is 5.91 Å². The molecule has 0 aromatic heterocycles. The Labute approximate surface area is 250 Å². The second kappa shape index (κ2) is 10.6. The number of alkyl halides is 3. The SMILES string of the molecule is C=CCN1CC[C@]23c4c5ccc(OC)c4O[C@H]2[C@H](N(CC(C)C)C(=O)C#Cc2ccc(C(F)(F)F)cc2)CC[C@@]3(O)[C@H]1C5. The zero-order valence-corrected chi connectivity index (χ0v) is 24.7. The number of likely N-dealkylation sites (tertiary alicyclic amines) is 1. The number of nitrogens with zero attached hydrogens (tertiary/aromatic N) is 2. The van der Waals surface area contributed by atoms with E-state index in [1.807, 2.05) is 26.0 Å². The van der Waals surface area contributed by atoms with Gasteiger partial charge in [-0.2, -0.15) is 13.2 Å². The quantitative estimate of drug-likeness (QED) is 0.379. The molecule has 1 spiro atoms. The van der Waals surface area contributed by atoms with Gasteiger partial charge in [-0.1, -0.05) is 31.9 Å². The lowest BCUT2D eigenvalue weighted by molar-refractivity contribution is -0.199. The van der Waals surface area contributed by atoms with Crippen LogP contribution in [0, 0.1) is 17.8 Å². The third kappa shape index (κ3) is 4.53. The molecule has 9 heteroatoms. The van der Waals surface area contributed by atoms with Gasteiger partial charge in [0.05, 0.1) is 29.7 Å². The summed E-state index contributed by atoms with van der Waals surface area (Å²) in [5.74, 6) is 6.45. The highest BCUT2D eigenvalue weighted by molar-refractivity contribution is 5.94. The molecule has 2 bridgehead atoms. The van der Waals surface area contributed by atoms with Gasteiger partial charge in [0.2, 0.25) is 0 Å². The molecule has 5 atom stereocenters. The van der Waals surface area contributed by atoms with Crippen LogP contribution < -0.4 is 9.47 Å². The van der Waals surface area contributed by atoms with Crippen LogP contribution in [0.5, 0.6) is 11.5 Å². The molecule has 6 nitrogen and oxygen atoms in total. The maximum absolute atomic E-state index is 13.8. The Morgan fingerprint density at radius 2 is 2.00 bits per heavy atom. The van der Waals surface area contributed by atoms with Gasteiger partial charge < -0.3 is 19.5 Å². The fourth-order valence-corrected chi connectivity index (χ4v) is 8.16. The van der Waals surface area contributed by atoms with Gasteiger partial charge in [0, 0.05) is 36.2 Å². The number of hydrogen-bond acceptors (Lipinski definition) is 5. The van der Waals surface area contributed by atoms with E-state index < -0.39 is 34.8 Å². The van der Waals surface area contributed by atoms with Crippen LogP contribution in [0.4, 0.5) is 13.2 Å². The van der Waals surface area contributed by atoms with Gasteiger partial charge in [-0.25, -0.2) is 0 Å². The third-order valence-electron chi connectivity index (χ3n) is 9.86. The number of hydrogen-bond donors (Lipinski definition) is 1. The number of halogens is 3. The molecule has 2 aliphatic carbocycles. The van der Waals surface area contributed by atoms with Crippen LogP contribution in [0.1, 0.15) is 55.4 Å². The van der Waals surface area contributed by atoms with Gasteiger partial charge in [-0.3, -0.25) is 9.69 Å². The summed E-state index contributed by atoms with van der Waals surface area (Å²) in [6.07, 6.45) is -0.730. The molecule has 2 aromatic rings. The molecule has 2 fully saturated rings. The summed E-state index contributed by atoms with van der Waals surface area (Å²) in [6.45, 7) is 9.85. The molecule has 2 aliphatic heterocycles. The first-order valence-corrected chi connectivity index (χ1v) is 14.9. The van der Waals surface area contributed by atoms with Gasteiger partial charge in [0.1, 0.15) is 6.10 Å². The van der Waals surface area contributed by atoms with Crippen molar-refractivity contribution in [1.29, 1.82) is 0 Å². The van der Waals surface area contributed by atoms with Crippen molar-refractivity contribution in [2.45, 2.75) is 74.9 Å². The minimum Gasteiger partial charge on any atom is -0.493 e. The lowest BCUT2D eigenvalue weighted by atomic mass is 9.48. The number of aliphatic hydroxyl groups is 1. The Morgan fingerprint density at radius 3 is 2.65 bits per heavy atom.